The van der Waals surface area contributed by atoms with Crippen LogP contribution in [0.4, 0.5) is 4.79 Å². The SMILES string of the molecule is CCCC(C)(NC(=O)CCC(C)NC(=O)OCC1c2ccccc2-c2ccccc21)C(=O)O. The summed E-state index contributed by atoms with van der Waals surface area (Å²) in [7, 11) is 0. The van der Waals surface area contributed by atoms with Gasteiger partial charge < -0.3 is 20.5 Å². The van der Waals surface area contributed by atoms with Gasteiger partial charge in [0.25, 0.3) is 0 Å². The molecule has 0 saturated heterocycles. The third kappa shape index (κ3) is 5.72. The second-order valence-electron chi connectivity index (χ2n) is 8.85. The average Bonchev–Trinajstić information content (AvgIpc) is 3.10. The molecular weight excluding hydrogens is 420 g/mol. The molecule has 2 aromatic carbocycles. The molecule has 2 atom stereocenters. The minimum atomic E-state index is -1.28. The standard InChI is InChI=1S/C26H32N2O5/c1-4-15-26(3,24(30)31)28-23(29)14-13-17(2)27-25(32)33-16-22-20-11-7-5-9-18(20)19-10-6-8-12-21(19)22/h5-12,17,22H,4,13-16H2,1-3H3,(H,27,32)(H,28,29)(H,30,31). The number of fused-ring (bicyclic) bond motifs is 3. The van der Waals surface area contributed by atoms with E-state index in [-0.39, 0.29) is 30.9 Å². The summed E-state index contributed by atoms with van der Waals surface area (Å²) in [5, 5.41) is 14.8. The number of hydrogen-bond acceptors (Lipinski definition) is 4. The maximum Gasteiger partial charge on any atom is 0.407 e. The zero-order valence-electron chi connectivity index (χ0n) is 19.4. The van der Waals surface area contributed by atoms with Crippen molar-refractivity contribution in [2.75, 3.05) is 6.61 Å². The van der Waals surface area contributed by atoms with Crippen LogP contribution in [0.3, 0.4) is 0 Å². The number of alkyl carbamates (subject to hydrolysis) is 1. The molecule has 2 amide bonds. The average molecular weight is 453 g/mol. The fourth-order valence-corrected chi connectivity index (χ4v) is 4.35. The van der Waals surface area contributed by atoms with Crippen molar-refractivity contribution in [3.63, 3.8) is 0 Å². The van der Waals surface area contributed by atoms with Crippen LogP contribution < -0.4 is 10.6 Å². The number of hydrogen-bond donors (Lipinski definition) is 3. The van der Waals surface area contributed by atoms with E-state index >= 15 is 0 Å². The Morgan fingerprint density at radius 1 is 1.06 bits per heavy atom. The molecule has 0 aromatic heterocycles. The summed E-state index contributed by atoms with van der Waals surface area (Å²) in [5.74, 6) is -1.42. The van der Waals surface area contributed by atoms with Crippen LogP contribution in [0.2, 0.25) is 0 Å². The highest BCUT2D eigenvalue weighted by Gasteiger charge is 2.33. The summed E-state index contributed by atoms with van der Waals surface area (Å²) in [4.78, 5) is 36.1. The Kier molecular flexibility index (Phi) is 7.74. The number of carboxylic acid groups (broad SMARTS) is 1. The van der Waals surface area contributed by atoms with E-state index in [1.54, 1.807) is 6.92 Å². The van der Waals surface area contributed by atoms with Gasteiger partial charge in [-0.25, -0.2) is 9.59 Å². The van der Waals surface area contributed by atoms with Gasteiger partial charge in [-0.2, -0.15) is 0 Å². The molecule has 176 valence electrons. The molecule has 3 rings (SSSR count). The fraction of sp³-hybridized carbons (Fsp3) is 0.423. The van der Waals surface area contributed by atoms with Gasteiger partial charge in [-0.1, -0.05) is 61.9 Å². The Bertz CT molecular complexity index is 976. The number of carboxylic acids is 1. The van der Waals surface area contributed by atoms with Crippen LogP contribution >= 0.6 is 0 Å². The Morgan fingerprint density at radius 3 is 2.18 bits per heavy atom. The fourth-order valence-electron chi connectivity index (χ4n) is 4.35. The predicted molar refractivity (Wildman–Crippen MR) is 126 cm³/mol. The number of carbonyl (C=O) groups excluding carboxylic acids is 2. The van der Waals surface area contributed by atoms with Crippen molar-refractivity contribution >= 4 is 18.0 Å². The monoisotopic (exact) mass is 452 g/mol. The van der Waals surface area contributed by atoms with Crippen molar-refractivity contribution in [1.82, 2.24) is 10.6 Å². The van der Waals surface area contributed by atoms with Crippen LogP contribution in [0.25, 0.3) is 11.1 Å². The minimum absolute atomic E-state index is 0.0171. The maximum atomic E-state index is 12.4. The van der Waals surface area contributed by atoms with E-state index < -0.39 is 17.6 Å². The second kappa shape index (κ2) is 10.5. The molecule has 0 heterocycles. The van der Waals surface area contributed by atoms with E-state index in [4.69, 9.17) is 4.74 Å². The number of rotatable bonds is 10. The lowest BCUT2D eigenvalue weighted by Crippen LogP contribution is -2.52. The first-order chi connectivity index (χ1) is 15.7. The highest BCUT2D eigenvalue weighted by molar-refractivity contribution is 5.86. The van der Waals surface area contributed by atoms with E-state index in [9.17, 15) is 19.5 Å². The lowest BCUT2D eigenvalue weighted by Gasteiger charge is -2.26. The Morgan fingerprint density at radius 2 is 1.64 bits per heavy atom. The van der Waals surface area contributed by atoms with Gasteiger partial charge in [0.2, 0.25) is 5.91 Å². The molecule has 0 aliphatic heterocycles. The van der Waals surface area contributed by atoms with Gasteiger partial charge in [0.05, 0.1) is 0 Å². The van der Waals surface area contributed by atoms with Gasteiger partial charge in [-0.3, -0.25) is 4.79 Å². The summed E-state index contributed by atoms with van der Waals surface area (Å²) >= 11 is 0. The lowest BCUT2D eigenvalue weighted by atomic mass is 9.96. The molecule has 2 aromatic rings. The number of amides is 2. The molecule has 0 radical (unpaired) electrons. The van der Waals surface area contributed by atoms with E-state index in [0.29, 0.717) is 19.3 Å². The van der Waals surface area contributed by atoms with Crippen molar-refractivity contribution < 1.29 is 24.2 Å². The van der Waals surface area contributed by atoms with Crippen molar-refractivity contribution in [3.05, 3.63) is 59.7 Å². The van der Waals surface area contributed by atoms with Crippen molar-refractivity contribution in [2.45, 2.75) is 64.0 Å². The van der Waals surface area contributed by atoms with Gasteiger partial charge in [-0.15, -0.1) is 0 Å². The predicted octanol–water partition coefficient (Wildman–Crippen LogP) is 4.45. The molecule has 7 nitrogen and oxygen atoms in total. The summed E-state index contributed by atoms with van der Waals surface area (Å²) in [6, 6.07) is 16.0. The summed E-state index contributed by atoms with van der Waals surface area (Å²) in [5.41, 5.74) is 3.33. The van der Waals surface area contributed by atoms with Gasteiger partial charge in [0.15, 0.2) is 0 Å². The molecular formula is C26H32N2O5. The van der Waals surface area contributed by atoms with Crippen LogP contribution in [-0.4, -0.2) is 41.3 Å². The number of ether oxygens (including phenoxy) is 1. The van der Waals surface area contributed by atoms with E-state index in [2.05, 4.69) is 34.9 Å². The van der Waals surface area contributed by atoms with Crippen LogP contribution in [0, 0.1) is 0 Å². The summed E-state index contributed by atoms with van der Waals surface area (Å²) in [6.07, 6.45) is 0.936. The molecule has 33 heavy (non-hydrogen) atoms. The van der Waals surface area contributed by atoms with E-state index in [0.717, 1.165) is 22.3 Å². The van der Waals surface area contributed by atoms with E-state index in [1.807, 2.05) is 31.2 Å². The third-order valence-corrected chi connectivity index (χ3v) is 6.15. The summed E-state index contributed by atoms with van der Waals surface area (Å²) < 4.78 is 5.53. The van der Waals surface area contributed by atoms with Crippen LogP contribution in [0.5, 0.6) is 0 Å². The Labute approximate surface area is 194 Å². The first-order valence-electron chi connectivity index (χ1n) is 11.4. The van der Waals surface area contributed by atoms with Crippen molar-refractivity contribution in [1.29, 1.82) is 0 Å². The molecule has 1 aliphatic carbocycles. The van der Waals surface area contributed by atoms with E-state index in [1.165, 1.54) is 6.92 Å². The second-order valence-corrected chi connectivity index (χ2v) is 8.85. The molecule has 3 N–H and O–H groups in total. The molecule has 0 saturated carbocycles. The zero-order chi connectivity index (χ0) is 24.0. The smallest absolute Gasteiger partial charge is 0.407 e. The maximum absolute atomic E-state index is 12.4. The third-order valence-electron chi connectivity index (χ3n) is 6.15. The molecule has 1 aliphatic rings. The van der Waals surface area contributed by atoms with Gasteiger partial charge in [0.1, 0.15) is 12.1 Å². The number of benzene rings is 2. The lowest BCUT2D eigenvalue weighted by molar-refractivity contribution is -0.147. The quantitative estimate of drug-likeness (QED) is 0.494. The minimum Gasteiger partial charge on any atom is -0.480 e. The highest BCUT2D eigenvalue weighted by Crippen LogP contribution is 2.44. The molecule has 7 heteroatoms. The number of aliphatic carboxylic acids is 1. The molecule has 2 unspecified atom stereocenters. The molecule has 0 fully saturated rings. The Balaban J connectivity index is 1.49. The number of carbonyl (C=O) groups is 3. The normalized spacial score (nSPS) is 15.0. The largest absolute Gasteiger partial charge is 0.480 e. The molecule has 0 spiro atoms. The van der Waals surface area contributed by atoms with Gasteiger partial charge in [-0.05, 0) is 48.9 Å². The van der Waals surface area contributed by atoms with Crippen molar-refractivity contribution in [2.24, 2.45) is 0 Å². The first kappa shape index (κ1) is 24.3. The van der Waals surface area contributed by atoms with Crippen molar-refractivity contribution in [3.8, 4) is 11.1 Å². The zero-order valence-corrected chi connectivity index (χ0v) is 19.4. The van der Waals surface area contributed by atoms with Gasteiger partial charge >= 0.3 is 12.1 Å². The summed E-state index contributed by atoms with van der Waals surface area (Å²) in [6.45, 7) is 5.39. The molecule has 0 bridgehead atoms. The topological polar surface area (TPSA) is 105 Å². The highest BCUT2D eigenvalue weighted by atomic mass is 16.5. The van der Waals surface area contributed by atoms with Gasteiger partial charge in [0, 0.05) is 18.4 Å². The van der Waals surface area contributed by atoms with Crippen LogP contribution in [0.1, 0.15) is 63.5 Å². The first-order valence-corrected chi connectivity index (χ1v) is 11.4. The van der Waals surface area contributed by atoms with Crippen LogP contribution in [-0.2, 0) is 14.3 Å². The van der Waals surface area contributed by atoms with Crippen LogP contribution in [0.15, 0.2) is 48.5 Å². The number of nitrogens with one attached hydrogen (secondary N) is 2. The Hall–Kier alpha value is -3.35.